The van der Waals surface area contributed by atoms with Crippen molar-refractivity contribution < 1.29 is 14.7 Å². The van der Waals surface area contributed by atoms with E-state index in [4.69, 9.17) is 0 Å². The van der Waals surface area contributed by atoms with Gasteiger partial charge in [-0.1, -0.05) is 29.8 Å². The fourth-order valence-corrected chi connectivity index (χ4v) is 8.26. The molecule has 146 valence electrons. The Morgan fingerprint density at radius 1 is 1.12 bits per heavy atom. The van der Waals surface area contributed by atoms with Crippen LogP contribution in [0.5, 0.6) is 0 Å². The number of rotatable bonds is 2. The lowest BCUT2D eigenvalue weighted by atomic mass is 9.43. The molecule has 0 heterocycles. The Morgan fingerprint density at radius 2 is 1.85 bits per heavy atom. The minimum absolute atomic E-state index is 0.0427. The van der Waals surface area contributed by atoms with E-state index in [2.05, 4.69) is 29.8 Å². The molecule has 0 saturated heterocycles. The average molecular weight is 425 g/mol. The molecular formula is C22H33BrO3. The van der Waals surface area contributed by atoms with E-state index in [1.54, 1.807) is 0 Å². The van der Waals surface area contributed by atoms with Gasteiger partial charge in [0.15, 0.2) is 0 Å². The normalized spacial score (nSPS) is 53.6. The van der Waals surface area contributed by atoms with Gasteiger partial charge in [0.05, 0.1) is 10.9 Å². The first kappa shape index (κ1) is 19.1. The zero-order valence-corrected chi connectivity index (χ0v) is 18.0. The van der Waals surface area contributed by atoms with Crippen molar-refractivity contribution in [3.63, 3.8) is 0 Å². The first-order chi connectivity index (χ1) is 12.1. The molecule has 3 nitrogen and oxygen atoms in total. The summed E-state index contributed by atoms with van der Waals surface area (Å²) in [6.45, 7) is 6.52. The van der Waals surface area contributed by atoms with Crippen LogP contribution in [0.15, 0.2) is 0 Å². The van der Waals surface area contributed by atoms with E-state index in [1.807, 2.05) is 6.92 Å². The molecule has 4 rings (SSSR count). The van der Waals surface area contributed by atoms with Crippen LogP contribution in [0.4, 0.5) is 0 Å². The van der Waals surface area contributed by atoms with E-state index in [9.17, 15) is 14.7 Å². The Morgan fingerprint density at radius 3 is 2.54 bits per heavy atom. The average Bonchev–Trinajstić information content (AvgIpc) is 2.91. The van der Waals surface area contributed by atoms with E-state index >= 15 is 0 Å². The molecule has 8 atom stereocenters. The number of ketones is 2. The molecule has 0 bridgehead atoms. The van der Waals surface area contributed by atoms with Crippen LogP contribution in [-0.4, -0.2) is 27.6 Å². The van der Waals surface area contributed by atoms with Crippen LogP contribution in [0, 0.1) is 40.4 Å². The van der Waals surface area contributed by atoms with Crippen molar-refractivity contribution >= 4 is 27.5 Å². The molecule has 0 radical (unpaired) electrons. The highest BCUT2D eigenvalue weighted by Crippen LogP contribution is 2.67. The highest BCUT2D eigenvalue weighted by atomic mass is 79.9. The van der Waals surface area contributed by atoms with Gasteiger partial charge in [-0.2, -0.15) is 0 Å². The Bertz CT molecular complexity index is 629. The summed E-state index contributed by atoms with van der Waals surface area (Å²) in [6, 6.07) is 0. The minimum atomic E-state index is -0.565. The molecule has 4 aliphatic carbocycles. The lowest BCUT2D eigenvalue weighted by Gasteiger charge is -2.60. The second kappa shape index (κ2) is 6.14. The third-order valence-corrected chi connectivity index (χ3v) is 9.71. The van der Waals surface area contributed by atoms with Crippen molar-refractivity contribution in [3.8, 4) is 0 Å². The number of hydrogen-bond donors (Lipinski definition) is 1. The van der Waals surface area contributed by atoms with Gasteiger partial charge in [0, 0.05) is 18.3 Å². The van der Waals surface area contributed by atoms with Crippen LogP contribution in [0.1, 0.15) is 72.1 Å². The molecule has 0 aromatic carbocycles. The van der Waals surface area contributed by atoms with Crippen molar-refractivity contribution in [3.05, 3.63) is 0 Å². The molecular weight excluding hydrogens is 392 g/mol. The largest absolute Gasteiger partial charge is 0.390 e. The molecule has 0 aliphatic heterocycles. The number of carbonyl (C=O) groups is 2. The van der Waals surface area contributed by atoms with Gasteiger partial charge in [0.2, 0.25) is 0 Å². The highest BCUT2D eigenvalue weighted by molar-refractivity contribution is 9.09. The third kappa shape index (κ3) is 2.61. The maximum atomic E-state index is 13.5. The summed E-state index contributed by atoms with van der Waals surface area (Å²) in [6.07, 6.45) is 7.48. The van der Waals surface area contributed by atoms with Crippen molar-refractivity contribution in [2.45, 2.75) is 77.7 Å². The summed E-state index contributed by atoms with van der Waals surface area (Å²) >= 11 is 3.36. The van der Waals surface area contributed by atoms with E-state index in [1.165, 1.54) is 0 Å². The maximum Gasteiger partial charge on any atom is 0.147 e. The smallest absolute Gasteiger partial charge is 0.147 e. The summed E-state index contributed by atoms with van der Waals surface area (Å²) in [7, 11) is 0. The molecule has 1 N–H and O–H groups in total. The Balaban J connectivity index is 1.66. The predicted molar refractivity (Wildman–Crippen MR) is 105 cm³/mol. The summed E-state index contributed by atoms with van der Waals surface area (Å²) in [4.78, 5) is 26.0. The monoisotopic (exact) mass is 424 g/mol. The van der Waals surface area contributed by atoms with E-state index in [0.29, 0.717) is 35.3 Å². The summed E-state index contributed by atoms with van der Waals surface area (Å²) in [5, 5.41) is 11.0. The third-order valence-electron chi connectivity index (χ3n) is 9.16. The van der Waals surface area contributed by atoms with Crippen LogP contribution in [0.25, 0.3) is 0 Å². The molecule has 26 heavy (non-hydrogen) atoms. The summed E-state index contributed by atoms with van der Waals surface area (Å²) < 4.78 is 0. The zero-order chi connectivity index (χ0) is 18.9. The van der Waals surface area contributed by atoms with E-state index in [-0.39, 0.29) is 28.4 Å². The van der Waals surface area contributed by atoms with Gasteiger partial charge in [0.25, 0.3) is 0 Å². The molecule has 0 amide bonds. The molecule has 4 fully saturated rings. The van der Waals surface area contributed by atoms with Crippen LogP contribution >= 0.6 is 15.9 Å². The van der Waals surface area contributed by atoms with Gasteiger partial charge in [-0.05, 0) is 80.5 Å². The number of Topliss-reactive ketones (excluding diaryl/α,β-unsaturated/α-hetero) is 2. The Kier molecular flexibility index (Phi) is 4.51. The number of carbonyl (C=O) groups excluding carboxylic acids is 2. The standard InChI is InChI=1S/C22H33BrO3/c1-20(26)8-9-21(2)13(10-20)4-5-14-15-6-7-16(18(25)12-23)22(15,3)11-17(24)19(14)21/h13-16,19,26H,4-12H2,1-3H3/t13-,14-,15-,16+,19+,20+,21-,22-/m0/s1. The molecule has 0 spiro atoms. The second-order valence-corrected chi connectivity index (χ2v) is 11.2. The zero-order valence-electron chi connectivity index (χ0n) is 16.4. The van der Waals surface area contributed by atoms with Gasteiger partial charge in [0.1, 0.15) is 11.6 Å². The topological polar surface area (TPSA) is 54.4 Å². The van der Waals surface area contributed by atoms with Crippen LogP contribution in [0.3, 0.4) is 0 Å². The quantitative estimate of drug-likeness (QED) is 0.661. The van der Waals surface area contributed by atoms with Crippen molar-refractivity contribution in [1.82, 2.24) is 0 Å². The van der Waals surface area contributed by atoms with E-state index in [0.717, 1.165) is 44.9 Å². The van der Waals surface area contributed by atoms with Gasteiger partial charge in [-0.25, -0.2) is 0 Å². The van der Waals surface area contributed by atoms with Crippen LogP contribution in [0.2, 0.25) is 0 Å². The number of alkyl halides is 1. The van der Waals surface area contributed by atoms with Crippen LogP contribution in [-0.2, 0) is 9.59 Å². The number of aliphatic hydroxyl groups is 1. The van der Waals surface area contributed by atoms with Gasteiger partial charge < -0.3 is 5.11 Å². The van der Waals surface area contributed by atoms with Crippen molar-refractivity contribution in [1.29, 1.82) is 0 Å². The lowest BCUT2D eigenvalue weighted by molar-refractivity contribution is -0.168. The molecule has 4 aliphatic rings. The highest BCUT2D eigenvalue weighted by Gasteiger charge is 2.64. The lowest BCUT2D eigenvalue weighted by Crippen LogP contribution is -2.59. The van der Waals surface area contributed by atoms with Crippen LogP contribution < -0.4 is 0 Å². The van der Waals surface area contributed by atoms with Gasteiger partial charge in [-0.15, -0.1) is 0 Å². The number of halogens is 1. The second-order valence-electron chi connectivity index (χ2n) is 10.6. The molecule has 0 aromatic rings. The molecule has 0 unspecified atom stereocenters. The number of fused-ring (bicyclic) bond motifs is 5. The Labute approximate surface area is 165 Å². The Hall–Kier alpha value is -0.220. The summed E-state index contributed by atoms with van der Waals surface area (Å²) in [5.41, 5.74) is -0.655. The first-order valence-electron chi connectivity index (χ1n) is 10.5. The minimum Gasteiger partial charge on any atom is -0.390 e. The fraction of sp³-hybridized carbons (Fsp3) is 0.909. The van der Waals surface area contributed by atoms with Gasteiger partial charge >= 0.3 is 0 Å². The SMILES string of the molecule is C[C@@]1(O)CC[C@@]2(C)[C@@H](CC[C@H]3[C@@H]4CC[C@H](C(=O)CBr)[C@@]4(C)CC(=O)[C@@H]32)C1. The fourth-order valence-electron chi connectivity index (χ4n) is 7.87. The van der Waals surface area contributed by atoms with E-state index < -0.39 is 5.60 Å². The van der Waals surface area contributed by atoms with Gasteiger partial charge in [-0.3, -0.25) is 9.59 Å². The number of hydrogen-bond acceptors (Lipinski definition) is 3. The maximum absolute atomic E-state index is 13.5. The molecule has 0 aromatic heterocycles. The first-order valence-corrected chi connectivity index (χ1v) is 11.6. The van der Waals surface area contributed by atoms with Crippen molar-refractivity contribution in [2.75, 3.05) is 5.33 Å². The summed E-state index contributed by atoms with van der Waals surface area (Å²) in [5.74, 6) is 2.31. The van der Waals surface area contributed by atoms with Crippen molar-refractivity contribution in [2.24, 2.45) is 40.4 Å². The molecule has 4 saturated carbocycles. The predicted octanol–water partition coefficient (Wildman–Crippen LogP) is 4.54. The molecule has 4 heteroatoms.